The van der Waals surface area contributed by atoms with Gasteiger partial charge in [0, 0.05) is 19.6 Å². The van der Waals surface area contributed by atoms with Crippen molar-refractivity contribution in [2.75, 3.05) is 20.8 Å². The van der Waals surface area contributed by atoms with Crippen LogP contribution in [0.5, 0.6) is 11.5 Å². The molecule has 0 radical (unpaired) electrons. The zero-order valence-corrected chi connectivity index (χ0v) is 16.0. The van der Waals surface area contributed by atoms with Crippen LogP contribution in [0, 0.1) is 5.92 Å². The fourth-order valence-corrected chi connectivity index (χ4v) is 2.18. The first-order valence-corrected chi connectivity index (χ1v) is 7.44. The molecule has 0 aliphatic heterocycles. The summed E-state index contributed by atoms with van der Waals surface area (Å²) >= 11 is 0. The van der Waals surface area contributed by atoms with Gasteiger partial charge in [0.25, 0.3) is 0 Å². The van der Waals surface area contributed by atoms with Crippen LogP contribution in [0.4, 0.5) is 0 Å². The molecule has 2 N–H and O–H groups in total. The first kappa shape index (κ1) is 18.9. The Morgan fingerprint density at radius 1 is 1.36 bits per heavy atom. The Balaban J connectivity index is 0.00000242. The lowest BCUT2D eigenvalue weighted by Gasteiger charge is -2.14. The van der Waals surface area contributed by atoms with E-state index in [9.17, 15) is 0 Å². The van der Waals surface area contributed by atoms with Crippen molar-refractivity contribution < 1.29 is 9.47 Å². The standard InChI is InChI=1S/C16H25N3O2.HI/c1-5-21-14-7-6-12(9-15(14)20-4)10-18-16(17-3)19-13-8-11(13)2;/h6-7,9,11,13H,5,8,10H2,1-4H3,(H2,17,18,19);1H. The summed E-state index contributed by atoms with van der Waals surface area (Å²) in [5, 5.41) is 6.73. The summed E-state index contributed by atoms with van der Waals surface area (Å²) < 4.78 is 10.9. The van der Waals surface area contributed by atoms with Gasteiger partial charge in [-0.3, -0.25) is 4.99 Å². The van der Waals surface area contributed by atoms with Crippen LogP contribution in [0.2, 0.25) is 0 Å². The van der Waals surface area contributed by atoms with Gasteiger partial charge in [0.05, 0.1) is 13.7 Å². The van der Waals surface area contributed by atoms with Crippen LogP contribution in [-0.2, 0) is 6.54 Å². The fourth-order valence-electron chi connectivity index (χ4n) is 2.18. The molecule has 1 aliphatic carbocycles. The molecule has 22 heavy (non-hydrogen) atoms. The maximum atomic E-state index is 5.52. The lowest BCUT2D eigenvalue weighted by molar-refractivity contribution is 0.310. The average Bonchev–Trinajstić information content (AvgIpc) is 3.20. The van der Waals surface area contributed by atoms with E-state index in [0.29, 0.717) is 19.2 Å². The maximum Gasteiger partial charge on any atom is 0.191 e. The van der Waals surface area contributed by atoms with Crippen molar-refractivity contribution in [3.05, 3.63) is 23.8 Å². The molecule has 0 heterocycles. The number of nitrogens with zero attached hydrogens (tertiary/aromatic N) is 1. The highest BCUT2D eigenvalue weighted by Gasteiger charge is 2.33. The Kier molecular flexibility index (Phi) is 7.78. The predicted molar refractivity (Wildman–Crippen MR) is 100 cm³/mol. The molecule has 0 bridgehead atoms. The third-order valence-electron chi connectivity index (χ3n) is 3.64. The molecule has 5 nitrogen and oxygen atoms in total. The number of methoxy groups -OCH3 is 1. The highest BCUT2D eigenvalue weighted by Crippen LogP contribution is 2.29. The normalized spacial score (nSPS) is 19.9. The Bertz CT molecular complexity index is 508. The molecule has 0 saturated heterocycles. The van der Waals surface area contributed by atoms with Crippen LogP contribution >= 0.6 is 24.0 Å². The molecule has 2 atom stereocenters. The molecule has 2 rings (SSSR count). The van der Waals surface area contributed by atoms with E-state index < -0.39 is 0 Å². The molecule has 0 spiro atoms. The van der Waals surface area contributed by atoms with Crippen molar-refractivity contribution in [1.82, 2.24) is 10.6 Å². The number of hydrogen-bond donors (Lipinski definition) is 2. The number of aliphatic imine (C=N–C) groups is 1. The summed E-state index contributed by atoms with van der Waals surface area (Å²) in [4.78, 5) is 4.25. The van der Waals surface area contributed by atoms with Gasteiger partial charge in [-0.05, 0) is 37.0 Å². The first-order chi connectivity index (χ1) is 10.2. The van der Waals surface area contributed by atoms with Crippen LogP contribution in [0.1, 0.15) is 25.8 Å². The minimum Gasteiger partial charge on any atom is -0.493 e. The van der Waals surface area contributed by atoms with Crippen LogP contribution in [0.3, 0.4) is 0 Å². The molecule has 1 aromatic carbocycles. The van der Waals surface area contributed by atoms with Crippen LogP contribution < -0.4 is 20.1 Å². The van der Waals surface area contributed by atoms with Crippen LogP contribution in [0.25, 0.3) is 0 Å². The largest absolute Gasteiger partial charge is 0.493 e. The molecule has 124 valence electrons. The van der Waals surface area contributed by atoms with Crippen molar-refractivity contribution >= 4 is 29.9 Å². The summed E-state index contributed by atoms with van der Waals surface area (Å²) in [5.41, 5.74) is 1.13. The third-order valence-corrected chi connectivity index (χ3v) is 3.64. The van der Waals surface area contributed by atoms with Gasteiger partial charge >= 0.3 is 0 Å². The molecule has 2 unspecified atom stereocenters. The predicted octanol–water partition coefficient (Wildman–Crippen LogP) is 2.79. The van der Waals surface area contributed by atoms with Crippen LogP contribution in [-0.4, -0.2) is 32.8 Å². The third kappa shape index (κ3) is 5.23. The van der Waals surface area contributed by atoms with Gasteiger partial charge in [0.2, 0.25) is 0 Å². The van der Waals surface area contributed by atoms with Gasteiger partial charge in [-0.25, -0.2) is 0 Å². The molecule has 6 heteroatoms. The smallest absolute Gasteiger partial charge is 0.191 e. The number of nitrogens with one attached hydrogen (secondary N) is 2. The first-order valence-electron chi connectivity index (χ1n) is 7.44. The molecule has 1 saturated carbocycles. The molecule has 0 aromatic heterocycles. The second-order valence-electron chi connectivity index (χ2n) is 5.31. The minimum atomic E-state index is 0. The van der Waals surface area contributed by atoms with Gasteiger partial charge in [0.1, 0.15) is 0 Å². The van der Waals surface area contributed by atoms with Crippen molar-refractivity contribution in [2.24, 2.45) is 10.9 Å². The summed E-state index contributed by atoms with van der Waals surface area (Å²) in [5.74, 6) is 3.12. The van der Waals surface area contributed by atoms with E-state index in [1.54, 1.807) is 14.2 Å². The van der Waals surface area contributed by atoms with E-state index in [1.165, 1.54) is 6.42 Å². The van der Waals surface area contributed by atoms with Crippen molar-refractivity contribution in [3.8, 4) is 11.5 Å². The SMILES string of the molecule is CCOc1ccc(CNC(=NC)NC2CC2C)cc1OC.I. The summed E-state index contributed by atoms with van der Waals surface area (Å²) in [6.45, 7) is 5.53. The zero-order chi connectivity index (χ0) is 15.2. The van der Waals surface area contributed by atoms with E-state index in [0.717, 1.165) is 28.9 Å². The van der Waals surface area contributed by atoms with E-state index >= 15 is 0 Å². The van der Waals surface area contributed by atoms with E-state index in [1.807, 2.05) is 25.1 Å². The maximum absolute atomic E-state index is 5.52. The van der Waals surface area contributed by atoms with E-state index in [4.69, 9.17) is 9.47 Å². The van der Waals surface area contributed by atoms with Gasteiger partial charge in [-0.2, -0.15) is 0 Å². The van der Waals surface area contributed by atoms with Crippen molar-refractivity contribution in [1.29, 1.82) is 0 Å². The van der Waals surface area contributed by atoms with Crippen LogP contribution in [0.15, 0.2) is 23.2 Å². The van der Waals surface area contributed by atoms with Crippen molar-refractivity contribution in [3.63, 3.8) is 0 Å². The number of halogens is 1. The minimum absolute atomic E-state index is 0. The van der Waals surface area contributed by atoms with Gasteiger partial charge in [-0.15, -0.1) is 24.0 Å². The fraction of sp³-hybridized carbons (Fsp3) is 0.562. The second kappa shape index (κ2) is 9.07. The quantitative estimate of drug-likeness (QED) is 0.423. The number of rotatable bonds is 6. The Morgan fingerprint density at radius 2 is 2.09 bits per heavy atom. The molecule has 1 aliphatic rings. The van der Waals surface area contributed by atoms with E-state index in [2.05, 4.69) is 22.5 Å². The summed E-state index contributed by atoms with van der Waals surface area (Å²) in [7, 11) is 3.45. The zero-order valence-electron chi connectivity index (χ0n) is 13.7. The molecule has 1 fully saturated rings. The molecule has 1 aromatic rings. The second-order valence-corrected chi connectivity index (χ2v) is 5.31. The molecular formula is C16H26IN3O2. The van der Waals surface area contributed by atoms with Gasteiger partial charge in [-0.1, -0.05) is 13.0 Å². The monoisotopic (exact) mass is 419 g/mol. The summed E-state index contributed by atoms with van der Waals surface area (Å²) in [6, 6.07) is 6.53. The Hall–Kier alpha value is -1.18. The van der Waals surface area contributed by atoms with Gasteiger partial charge in [0.15, 0.2) is 17.5 Å². The summed E-state index contributed by atoms with van der Waals surface area (Å²) in [6.07, 6.45) is 1.22. The highest BCUT2D eigenvalue weighted by atomic mass is 127. The number of guanidine groups is 1. The lowest BCUT2D eigenvalue weighted by atomic mass is 10.2. The number of hydrogen-bond acceptors (Lipinski definition) is 3. The molecule has 0 amide bonds. The molecular weight excluding hydrogens is 393 g/mol. The Labute approximate surface area is 149 Å². The number of benzene rings is 1. The average molecular weight is 419 g/mol. The van der Waals surface area contributed by atoms with Gasteiger partial charge < -0.3 is 20.1 Å². The van der Waals surface area contributed by atoms with E-state index in [-0.39, 0.29) is 24.0 Å². The number of ether oxygens (including phenoxy) is 2. The Morgan fingerprint density at radius 3 is 2.64 bits per heavy atom. The lowest BCUT2D eigenvalue weighted by Crippen LogP contribution is -2.38. The van der Waals surface area contributed by atoms with Crippen molar-refractivity contribution in [2.45, 2.75) is 32.9 Å². The topological polar surface area (TPSA) is 54.9 Å². The highest BCUT2D eigenvalue weighted by molar-refractivity contribution is 14.0.